The van der Waals surface area contributed by atoms with Gasteiger partial charge in [0.2, 0.25) is 0 Å². The molecular formula is C24H16FN3O3. The normalized spacial score (nSPS) is 11.0. The fraction of sp³-hybridized carbons (Fsp3) is 0.0417. The monoisotopic (exact) mass is 413 g/mol. The van der Waals surface area contributed by atoms with Crippen LogP contribution >= 0.6 is 0 Å². The Balaban J connectivity index is 1.66. The Kier molecular flexibility index (Phi) is 4.76. The van der Waals surface area contributed by atoms with Gasteiger partial charge in [0, 0.05) is 11.1 Å². The van der Waals surface area contributed by atoms with E-state index in [1.807, 2.05) is 30.3 Å². The van der Waals surface area contributed by atoms with Gasteiger partial charge < -0.3 is 14.3 Å². The summed E-state index contributed by atoms with van der Waals surface area (Å²) in [5.74, 6) is -0.227. The second-order valence-corrected chi connectivity index (χ2v) is 6.87. The largest absolute Gasteiger partial charge is 0.467 e. The first kappa shape index (κ1) is 18.7. The van der Waals surface area contributed by atoms with E-state index in [2.05, 4.69) is 15.5 Å². The molecule has 6 nitrogen and oxygen atoms in total. The first-order valence-electron chi connectivity index (χ1n) is 9.62. The molecule has 5 aromatic rings. The van der Waals surface area contributed by atoms with Crippen LogP contribution in [0.25, 0.3) is 33.6 Å². The van der Waals surface area contributed by atoms with E-state index in [1.54, 1.807) is 36.4 Å². The van der Waals surface area contributed by atoms with Crippen LogP contribution in [-0.4, -0.2) is 16.0 Å². The molecule has 0 saturated carbocycles. The predicted octanol–water partition coefficient (Wildman–Crippen LogP) is 5.22. The van der Waals surface area contributed by atoms with Crippen molar-refractivity contribution in [2.24, 2.45) is 0 Å². The second-order valence-electron chi connectivity index (χ2n) is 6.87. The third kappa shape index (κ3) is 3.57. The van der Waals surface area contributed by atoms with Crippen LogP contribution in [0.15, 0.2) is 88.0 Å². The molecule has 3 heterocycles. The fourth-order valence-corrected chi connectivity index (χ4v) is 3.40. The van der Waals surface area contributed by atoms with Gasteiger partial charge in [-0.1, -0.05) is 47.6 Å². The topological polar surface area (TPSA) is 81.2 Å². The quantitative estimate of drug-likeness (QED) is 0.427. The van der Waals surface area contributed by atoms with E-state index in [9.17, 15) is 9.18 Å². The van der Waals surface area contributed by atoms with Crippen molar-refractivity contribution >= 4 is 17.0 Å². The molecule has 0 spiro atoms. The highest BCUT2D eigenvalue weighted by atomic mass is 19.1. The standard InChI is InChI=1S/C24H16FN3O3/c25-19-11-5-4-10-17(19)22-21-18(23(29)26-14-16-9-6-12-30-16)13-20(27-24(21)31-28-22)15-7-2-1-3-8-15/h1-13H,14H2,(H,26,29). The molecule has 0 aliphatic heterocycles. The van der Waals surface area contributed by atoms with E-state index in [-0.39, 0.29) is 35.0 Å². The number of pyridine rings is 1. The number of nitrogens with one attached hydrogen (secondary N) is 1. The highest BCUT2D eigenvalue weighted by molar-refractivity contribution is 6.10. The summed E-state index contributed by atoms with van der Waals surface area (Å²) >= 11 is 0. The summed E-state index contributed by atoms with van der Waals surface area (Å²) in [6, 6.07) is 20.8. The van der Waals surface area contributed by atoms with E-state index in [4.69, 9.17) is 8.94 Å². The van der Waals surface area contributed by atoms with Crippen LogP contribution in [0.5, 0.6) is 0 Å². The number of amides is 1. The van der Waals surface area contributed by atoms with Crippen LogP contribution in [0, 0.1) is 5.82 Å². The maximum atomic E-state index is 14.5. The molecule has 0 saturated heterocycles. The molecule has 0 atom stereocenters. The minimum Gasteiger partial charge on any atom is -0.467 e. The van der Waals surface area contributed by atoms with E-state index < -0.39 is 5.82 Å². The van der Waals surface area contributed by atoms with Gasteiger partial charge in [-0.25, -0.2) is 9.37 Å². The Bertz CT molecular complexity index is 1360. The average Bonchev–Trinajstić information content (AvgIpc) is 3.48. The lowest BCUT2D eigenvalue weighted by Gasteiger charge is -2.08. The van der Waals surface area contributed by atoms with Crippen LogP contribution < -0.4 is 5.32 Å². The van der Waals surface area contributed by atoms with Gasteiger partial charge in [0.05, 0.1) is 29.5 Å². The van der Waals surface area contributed by atoms with Gasteiger partial charge in [-0.05, 0) is 30.3 Å². The van der Waals surface area contributed by atoms with Gasteiger partial charge in [0.1, 0.15) is 17.3 Å². The summed E-state index contributed by atoms with van der Waals surface area (Å²) < 4.78 is 25.2. The average molecular weight is 413 g/mol. The number of carbonyl (C=O) groups excluding carboxylic acids is 1. The molecule has 31 heavy (non-hydrogen) atoms. The number of halogens is 1. The van der Waals surface area contributed by atoms with Gasteiger partial charge in [-0.2, -0.15) is 0 Å². The summed E-state index contributed by atoms with van der Waals surface area (Å²) in [7, 11) is 0. The number of hydrogen-bond acceptors (Lipinski definition) is 5. The number of fused-ring (bicyclic) bond motifs is 1. The molecule has 7 heteroatoms. The van der Waals surface area contributed by atoms with Crippen molar-refractivity contribution in [3.8, 4) is 22.5 Å². The Morgan fingerprint density at radius 2 is 1.81 bits per heavy atom. The maximum absolute atomic E-state index is 14.5. The number of carbonyl (C=O) groups is 1. The van der Waals surface area contributed by atoms with Crippen molar-refractivity contribution in [1.82, 2.24) is 15.5 Å². The molecule has 3 aromatic heterocycles. The third-order valence-corrected chi connectivity index (χ3v) is 4.89. The van der Waals surface area contributed by atoms with E-state index in [0.29, 0.717) is 16.8 Å². The van der Waals surface area contributed by atoms with Crippen LogP contribution in [-0.2, 0) is 6.54 Å². The van der Waals surface area contributed by atoms with Gasteiger partial charge in [-0.3, -0.25) is 4.79 Å². The number of aromatic nitrogens is 2. The zero-order valence-electron chi connectivity index (χ0n) is 16.2. The molecule has 0 bridgehead atoms. The lowest BCUT2D eigenvalue weighted by atomic mass is 10.0. The molecule has 0 aliphatic rings. The molecule has 1 amide bonds. The van der Waals surface area contributed by atoms with Crippen molar-refractivity contribution in [3.05, 3.63) is 96.2 Å². The molecular weight excluding hydrogens is 397 g/mol. The smallest absolute Gasteiger partial charge is 0.259 e. The lowest BCUT2D eigenvalue weighted by Crippen LogP contribution is -2.23. The van der Waals surface area contributed by atoms with Crippen molar-refractivity contribution in [2.75, 3.05) is 0 Å². The Labute approximate surface area is 176 Å². The van der Waals surface area contributed by atoms with Crippen molar-refractivity contribution in [3.63, 3.8) is 0 Å². The molecule has 0 unspecified atom stereocenters. The second kappa shape index (κ2) is 7.87. The minimum atomic E-state index is -0.466. The van der Waals surface area contributed by atoms with Gasteiger partial charge in [-0.15, -0.1) is 0 Å². The van der Waals surface area contributed by atoms with E-state index >= 15 is 0 Å². The SMILES string of the molecule is O=C(NCc1ccco1)c1cc(-c2ccccc2)nc2onc(-c3ccccc3F)c12. The van der Waals surface area contributed by atoms with Gasteiger partial charge in [0.15, 0.2) is 0 Å². The molecule has 152 valence electrons. The van der Waals surface area contributed by atoms with E-state index in [1.165, 1.54) is 12.3 Å². The van der Waals surface area contributed by atoms with Crippen molar-refractivity contribution in [1.29, 1.82) is 0 Å². The number of hydrogen-bond donors (Lipinski definition) is 1. The predicted molar refractivity (Wildman–Crippen MR) is 113 cm³/mol. The van der Waals surface area contributed by atoms with E-state index in [0.717, 1.165) is 5.56 Å². The van der Waals surface area contributed by atoms with Crippen LogP contribution in [0.2, 0.25) is 0 Å². The summed E-state index contributed by atoms with van der Waals surface area (Å²) in [6.45, 7) is 0.205. The lowest BCUT2D eigenvalue weighted by molar-refractivity contribution is 0.0949. The molecule has 1 N–H and O–H groups in total. The number of benzene rings is 2. The Hall–Kier alpha value is -4.26. The van der Waals surface area contributed by atoms with Gasteiger partial charge >= 0.3 is 0 Å². The van der Waals surface area contributed by atoms with Gasteiger partial charge in [0.25, 0.3) is 11.6 Å². The Morgan fingerprint density at radius 1 is 1.00 bits per heavy atom. The summed E-state index contributed by atoms with van der Waals surface area (Å²) in [5, 5.41) is 7.22. The van der Waals surface area contributed by atoms with Crippen molar-refractivity contribution < 1.29 is 18.1 Å². The zero-order valence-corrected chi connectivity index (χ0v) is 16.2. The number of furan rings is 1. The maximum Gasteiger partial charge on any atom is 0.259 e. The van der Waals surface area contributed by atoms with Crippen LogP contribution in [0.4, 0.5) is 4.39 Å². The third-order valence-electron chi connectivity index (χ3n) is 4.89. The van der Waals surface area contributed by atoms with Crippen molar-refractivity contribution in [2.45, 2.75) is 6.54 Å². The summed E-state index contributed by atoms with van der Waals surface area (Å²) in [4.78, 5) is 17.7. The molecule has 0 aliphatic carbocycles. The minimum absolute atomic E-state index is 0.155. The molecule has 0 radical (unpaired) electrons. The molecule has 5 rings (SSSR count). The number of nitrogens with zero attached hydrogens (tertiary/aromatic N) is 2. The molecule has 0 fully saturated rings. The molecule has 2 aromatic carbocycles. The summed E-state index contributed by atoms with van der Waals surface area (Å²) in [6.07, 6.45) is 1.54. The summed E-state index contributed by atoms with van der Waals surface area (Å²) in [5.41, 5.74) is 2.26. The fourth-order valence-electron chi connectivity index (χ4n) is 3.40. The van der Waals surface area contributed by atoms with Crippen LogP contribution in [0.3, 0.4) is 0 Å². The van der Waals surface area contributed by atoms with Crippen LogP contribution in [0.1, 0.15) is 16.1 Å². The highest BCUT2D eigenvalue weighted by Gasteiger charge is 2.23. The first-order chi connectivity index (χ1) is 15.2. The zero-order chi connectivity index (χ0) is 21.2. The Morgan fingerprint density at radius 3 is 2.58 bits per heavy atom. The highest BCUT2D eigenvalue weighted by Crippen LogP contribution is 2.33. The first-order valence-corrected chi connectivity index (χ1v) is 9.62. The number of rotatable bonds is 5.